The summed E-state index contributed by atoms with van der Waals surface area (Å²) in [7, 11) is 0. The number of hydrogen-bond donors (Lipinski definition) is 2. The molecular weight excluding hydrogens is 408 g/mol. The Morgan fingerprint density at radius 3 is 2.28 bits per heavy atom. The van der Waals surface area contributed by atoms with Crippen LogP contribution in [0.15, 0.2) is 60.7 Å². The number of rotatable bonds is 9. The molecule has 3 atom stereocenters. The number of benzene rings is 2. The van der Waals surface area contributed by atoms with Crippen molar-refractivity contribution < 1.29 is 24.3 Å². The molecule has 2 aromatic rings. The number of aliphatic carboxylic acids is 1. The molecule has 3 rings (SSSR count). The van der Waals surface area contributed by atoms with Gasteiger partial charge in [0.1, 0.15) is 6.04 Å². The van der Waals surface area contributed by atoms with Crippen LogP contribution in [0, 0.1) is 5.92 Å². The second-order valence-corrected chi connectivity index (χ2v) is 8.18. The van der Waals surface area contributed by atoms with E-state index in [1.807, 2.05) is 30.3 Å². The van der Waals surface area contributed by atoms with Crippen molar-refractivity contribution >= 4 is 23.6 Å². The first kappa shape index (κ1) is 23.2. The quantitative estimate of drug-likeness (QED) is 0.629. The molecule has 32 heavy (non-hydrogen) atoms. The Morgan fingerprint density at radius 2 is 1.66 bits per heavy atom. The Bertz CT molecular complexity index is 961. The van der Waals surface area contributed by atoms with Crippen LogP contribution in [-0.4, -0.2) is 52.2 Å². The Hall–Kier alpha value is -3.48. The van der Waals surface area contributed by atoms with Gasteiger partial charge in [-0.3, -0.25) is 14.4 Å². The molecule has 0 bridgehead atoms. The normalized spacial score (nSPS) is 17.4. The molecular formula is C25H28N2O5. The van der Waals surface area contributed by atoms with Crippen LogP contribution in [0.5, 0.6) is 0 Å². The zero-order valence-corrected chi connectivity index (χ0v) is 18.1. The number of carbonyl (C=O) groups excluding carboxylic acids is 3. The Morgan fingerprint density at radius 1 is 1.03 bits per heavy atom. The molecule has 1 saturated heterocycles. The maximum absolute atomic E-state index is 13.2. The molecule has 2 unspecified atom stereocenters. The summed E-state index contributed by atoms with van der Waals surface area (Å²) in [6.45, 7) is 2.02. The number of carboxylic acids is 1. The average Bonchev–Trinajstić information content (AvgIpc) is 3.29. The van der Waals surface area contributed by atoms with Crippen LogP contribution >= 0.6 is 0 Å². The fourth-order valence-electron chi connectivity index (χ4n) is 4.03. The highest BCUT2D eigenvalue weighted by Crippen LogP contribution is 2.22. The van der Waals surface area contributed by atoms with Gasteiger partial charge in [0.15, 0.2) is 5.78 Å². The van der Waals surface area contributed by atoms with E-state index >= 15 is 0 Å². The maximum atomic E-state index is 13.2. The second-order valence-electron chi connectivity index (χ2n) is 8.18. The van der Waals surface area contributed by atoms with Gasteiger partial charge >= 0.3 is 5.97 Å². The lowest BCUT2D eigenvalue weighted by molar-refractivity contribution is -0.150. The van der Waals surface area contributed by atoms with E-state index in [0.717, 1.165) is 5.56 Å². The van der Waals surface area contributed by atoms with Crippen molar-refractivity contribution in [2.45, 2.75) is 44.7 Å². The van der Waals surface area contributed by atoms with Gasteiger partial charge in [-0.05, 0) is 37.0 Å². The Balaban J connectivity index is 1.71. The van der Waals surface area contributed by atoms with Crippen LogP contribution in [0.1, 0.15) is 42.1 Å². The number of Topliss-reactive ketones (excluding diaryl/α,β-unsaturated/α-hetero) is 1. The van der Waals surface area contributed by atoms with Crippen molar-refractivity contribution in [1.82, 2.24) is 10.2 Å². The molecule has 1 aliphatic heterocycles. The molecule has 1 aliphatic rings. The van der Waals surface area contributed by atoms with Crippen molar-refractivity contribution in [2.75, 3.05) is 6.54 Å². The summed E-state index contributed by atoms with van der Waals surface area (Å²) < 4.78 is 0. The van der Waals surface area contributed by atoms with E-state index in [0.29, 0.717) is 31.4 Å². The van der Waals surface area contributed by atoms with Crippen LogP contribution in [0.2, 0.25) is 0 Å². The predicted octanol–water partition coefficient (Wildman–Crippen LogP) is 2.70. The number of carbonyl (C=O) groups is 4. The van der Waals surface area contributed by atoms with Gasteiger partial charge in [-0.25, -0.2) is 4.79 Å². The van der Waals surface area contributed by atoms with Crippen LogP contribution in [0.4, 0.5) is 0 Å². The number of ketones is 1. The SMILES string of the molecule is CC(CC(=O)C(Cc1ccccc1)NC(=O)c1ccccc1)C(=O)N1CCC[C@H]1C(=O)O. The molecule has 168 valence electrons. The second kappa shape index (κ2) is 10.7. The summed E-state index contributed by atoms with van der Waals surface area (Å²) >= 11 is 0. The van der Waals surface area contributed by atoms with E-state index < -0.39 is 24.0 Å². The maximum Gasteiger partial charge on any atom is 0.326 e. The zero-order chi connectivity index (χ0) is 23.1. The molecule has 2 N–H and O–H groups in total. The minimum absolute atomic E-state index is 0.0752. The third-order valence-electron chi connectivity index (χ3n) is 5.76. The lowest BCUT2D eigenvalue weighted by Crippen LogP contribution is -2.46. The summed E-state index contributed by atoms with van der Waals surface area (Å²) in [6.07, 6.45) is 1.29. The summed E-state index contributed by atoms with van der Waals surface area (Å²) in [4.78, 5) is 51.5. The fraction of sp³-hybridized carbons (Fsp3) is 0.360. The van der Waals surface area contributed by atoms with Crippen LogP contribution in [-0.2, 0) is 20.8 Å². The van der Waals surface area contributed by atoms with Gasteiger partial charge in [-0.2, -0.15) is 0 Å². The fourth-order valence-corrected chi connectivity index (χ4v) is 4.03. The molecule has 0 aliphatic carbocycles. The third kappa shape index (κ3) is 5.81. The lowest BCUT2D eigenvalue weighted by atomic mass is 9.94. The lowest BCUT2D eigenvalue weighted by Gasteiger charge is -2.26. The molecule has 0 radical (unpaired) electrons. The van der Waals surface area contributed by atoms with E-state index in [4.69, 9.17) is 0 Å². The highest BCUT2D eigenvalue weighted by molar-refractivity contribution is 5.99. The smallest absolute Gasteiger partial charge is 0.326 e. The molecule has 7 heteroatoms. The summed E-state index contributed by atoms with van der Waals surface area (Å²) in [6, 6.07) is 16.4. The number of nitrogens with zero attached hydrogens (tertiary/aromatic N) is 1. The molecule has 2 amide bonds. The van der Waals surface area contributed by atoms with E-state index in [1.54, 1.807) is 37.3 Å². The van der Waals surface area contributed by atoms with Gasteiger partial charge in [0, 0.05) is 24.4 Å². The largest absolute Gasteiger partial charge is 0.480 e. The van der Waals surface area contributed by atoms with Crippen LogP contribution < -0.4 is 5.32 Å². The molecule has 0 saturated carbocycles. The first-order valence-electron chi connectivity index (χ1n) is 10.8. The number of carboxylic acid groups (broad SMARTS) is 1. The first-order valence-corrected chi connectivity index (χ1v) is 10.8. The van der Waals surface area contributed by atoms with E-state index in [1.165, 1.54) is 4.90 Å². The van der Waals surface area contributed by atoms with E-state index in [9.17, 15) is 24.3 Å². The minimum Gasteiger partial charge on any atom is -0.480 e. The van der Waals surface area contributed by atoms with Crippen molar-refractivity contribution in [3.63, 3.8) is 0 Å². The monoisotopic (exact) mass is 436 g/mol. The van der Waals surface area contributed by atoms with Crippen molar-refractivity contribution in [3.8, 4) is 0 Å². The van der Waals surface area contributed by atoms with E-state index in [2.05, 4.69) is 5.32 Å². The molecule has 1 fully saturated rings. The highest BCUT2D eigenvalue weighted by Gasteiger charge is 2.37. The van der Waals surface area contributed by atoms with Crippen molar-refractivity contribution in [3.05, 3.63) is 71.8 Å². The van der Waals surface area contributed by atoms with Gasteiger partial charge in [-0.15, -0.1) is 0 Å². The minimum atomic E-state index is -1.02. The predicted molar refractivity (Wildman–Crippen MR) is 119 cm³/mol. The number of hydrogen-bond acceptors (Lipinski definition) is 4. The number of nitrogens with one attached hydrogen (secondary N) is 1. The number of amides is 2. The highest BCUT2D eigenvalue weighted by atomic mass is 16.4. The van der Waals surface area contributed by atoms with Crippen molar-refractivity contribution in [1.29, 1.82) is 0 Å². The van der Waals surface area contributed by atoms with Crippen molar-refractivity contribution in [2.24, 2.45) is 5.92 Å². The third-order valence-corrected chi connectivity index (χ3v) is 5.76. The van der Waals surface area contributed by atoms with Gasteiger partial charge in [0.25, 0.3) is 5.91 Å². The zero-order valence-electron chi connectivity index (χ0n) is 18.1. The molecule has 1 heterocycles. The summed E-state index contributed by atoms with van der Waals surface area (Å²) in [5.41, 5.74) is 1.34. The average molecular weight is 437 g/mol. The molecule has 2 aromatic carbocycles. The molecule has 7 nitrogen and oxygen atoms in total. The topological polar surface area (TPSA) is 104 Å². The Labute approximate surface area is 187 Å². The van der Waals surface area contributed by atoms with Crippen LogP contribution in [0.3, 0.4) is 0 Å². The standard InChI is InChI=1S/C25H28N2O5/c1-17(24(30)27-14-8-13-21(27)25(31)32)15-22(28)20(16-18-9-4-2-5-10-18)26-23(29)19-11-6-3-7-12-19/h2-7,9-12,17,20-21H,8,13-16H2,1H3,(H,26,29)(H,31,32)/t17?,20?,21-/m0/s1. The molecule has 0 spiro atoms. The molecule has 0 aromatic heterocycles. The van der Waals surface area contributed by atoms with E-state index in [-0.39, 0.29) is 24.0 Å². The van der Waals surface area contributed by atoms with Gasteiger partial charge in [0.05, 0.1) is 6.04 Å². The Kier molecular flexibility index (Phi) is 7.76. The van der Waals surface area contributed by atoms with Gasteiger partial charge in [-0.1, -0.05) is 55.5 Å². The summed E-state index contributed by atoms with van der Waals surface area (Å²) in [5.74, 6) is -2.65. The van der Waals surface area contributed by atoms with Crippen LogP contribution in [0.25, 0.3) is 0 Å². The first-order chi connectivity index (χ1) is 15.4. The van der Waals surface area contributed by atoms with Gasteiger partial charge in [0.2, 0.25) is 5.91 Å². The number of likely N-dealkylation sites (tertiary alicyclic amines) is 1. The van der Waals surface area contributed by atoms with Gasteiger partial charge < -0.3 is 15.3 Å². The summed E-state index contributed by atoms with van der Waals surface area (Å²) in [5, 5.41) is 12.2.